The first-order chi connectivity index (χ1) is 13.8. The number of esters is 1. The van der Waals surface area contributed by atoms with E-state index < -0.39 is 24.1 Å². The van der Waals surface area contributed by atoms with Crippen LogP contribution in [0.4, 0.5) is 0 Å². The number of hydrogen-bond acceptors (Lipinski definition) is 7. The minimum Gasteiger partial charge on any atom is -0.479 e. The van der Waals surface area contributed by atoms with Gasteiger partial charge in [-0.2, -0.15) is 0 Å². The van der Waals surface area contributed by atoms with E-state index in [0.717, 1.165) is 32.3 Å². The molecule has 1 N–H and O–H groups in total. The van der Waals surface area contributed by atoms with Crippen molar-refractivity contribution in [2.45, 2.75) is 31.9 Å². The van der Waals surface area contributed by atoms with Crippen molar-refractivity contribution in [1.82, 2.24) is 4.90 Å². The number of benzene rings is 1. The standard InChI is InChI=1S/C20H24BrNO6S/c1-12(23)29-17-8-9-22(11-13(17)10-16(27-2)19(24)25)18(20(26)28-3)14-6-4-5-7-15(14)21/h4-7,16,18H,8-11H2,1-3H3,(H,24,25)/t16?,18-/m1/s1. The fourth-order valence-electron chi connectivity index (χ4n) is 3.31. The van der Waals surface area contributed by atoms with Crippen LogP contribution in [-0.2, 0) is 23.9 Å². The van der Waals surface area contributed by atoms with Crippen molar-refractivity contribution in [1.29, 1.82) is 0 Å². The molecule has 0 aliphatic carbocycles. The summed E-state index contributed by atoms with van der Waals surface area (Å²) in [6.45, 7) is 2.35. The zero-order valence-corrected chi connectivity index (χ0v) is 18.9. The molecule has 29 heavy (non-hydrogen) atoms. The van der Waals surface area contributed by atoms with E-state index in [1.165, 1.54) is 21.1 Å². The summed E-state index contributed by atoms with van der Waals surface area (Å²) in [5.41, 5.74) is 1.55. The predicted molar refractivity (Wildman–Crippen MR) is 113 cm³/mol. The molecule has 0 saturated heterocycles. The highest BCUT2D eigenvalue weighted by Gasteiger charge is 2.34. The predicted octanol–water partition coefficient (Wildman–Crippen LogP) is 3.39. The molecule has 0 spiro atoms. The third-order valence-corrected chi connectivity index (χ3v) is 6.41. The Morgan fingerprint density at radius 3 is 2.52 bits per heavy atom. The molecular weight excluding hydrogens is 462 g/mol. The zero-order chi connectivity index (χ0) is 21.6. The quantitative estimate of drug-likeness (QED) is 0.559. The summed E-state index contributed by atoms with van der Waals surface area (Å²) in [5, 5.41) is 9.31. The summed E-state index contributed by atoms with van der Waals surface area (Å²) in [6.07, 6.45) is -0.345. The number of nitrogens with zero attached hydrogens (tertiary/aromatic N) is 1. The molecule has 1 aliphatic rings. The third kappa shape index (κ3) is 6.15. The maximum Gasteiger partial charge on any atom is 0.333 e. The molecular formula is C20H24BrNO6S. The molecule has 2 atom stereocenters. The van der Waals surface area contributed by atoms with Crippen LogP contribution in [0.1, 0.15) is 31.4 Å². The van der Waals surface area contributed by atoms with Gasteiger partial charge in [0.2, 0.25) is 0 Å². The lowest BCUT2D eigenvalue weighted by atomic mass is 9.98. The number of rotatable bonds is 8. The summed E-state index contributed by atoms with van der Waals surface area (Å²) < 4.78 is 10.9. The number of carbonyl (C=O) groups is 3. The normalized spacial score (nSPS) is 17.0. The van der Waals surface area contributed by atoms with E-state index in [4.69, 9.17) is 9.47 Å². The van der Waals surface area contributed by atoms with Crippen LogP contribution in [0.15, 0.2) is 39.2 Å². The van der Waals surface area contributed by atoms with E-state index in [1.807, 2.05) is 29.2 Å². The number of methoxy groups -OCH3 is 2. The molecule has 0 amide bonds. The Labute approximate surface area is 182 Å². The molecule has 0 radical (unpaired) electrons. The molecule has 0 saturated carbocycles. The van der Waals surface area contributed by atoms with Crippen LogP contribution in [0, 0.1) is 0 Å². The van der Waals surface area contributed by atoms with Gasteiger partial charge in [0.1, 0.15) is 6.04 Å². The van der Waals surface area contributed by atoms with Crippen molar-refractivity contribution >= 4 is 44.7 Å². The van der Waals surface area contributed by atoms with Crippen molar-refractivity contribution < 1.29 is 29.0 Å². The van der Waals surface area contributed by atoms with Gasteiger partial charge in [0.05, 0.1) is 7.11 Å². The Hall–Kier alpha value is -1.68. The molecule has 0 aromatic heterocycles. The van der Waals surface area contributed by atoms with E-state index in [0.29, 0.717) is 19.5 Å². The van der Waals surface area contributed by atoms with E-state index >= 15 is 0 Å². The van der Waals surface area contributed by atoms with Crippen molar-refractivity contribution in [2.24, 2.45) is 0 Å². The van der Waals surface area contributed by atoms with Gasteiger partial charge in [-0.1, -0.05) is 45.9 Å². The van der Waals surface area contributed by atoms with Crippen LogP contribution in [0.2, 0.25) is 0 Å². The maximum atomic E-state index is 12.6. The second-order valence-corrected chi connectivity index (χ2v) is 8.68. The first-order valence-corrected chi connectivity index (χ1v) is 10.6. The second kappa shape index (κ2) is 10.9. The van der Waals surface area contributed by atoms with Gasteiger partial charge < -0.3 is 14.6 Å². The Bertz CT molecular complexity index is 812. The number of hydrogen-bond donors (Lipinski definition) is 1. The van der Waals surface area contributed by atoms with Crippen LogP contribution in [0.5, 0.6) is 0 Å². The summed E-state index contributed by atoms with van der Waals surface area (Å²) >= 11 is 4.61. The molecule has 1 aliphatic heterocycles. The number of aliphatic carboxylic acids is 1. The van der Waals surface area contributed by atoms with E-state index in [1.54, 1.807) is 0 Å². The largest absolute Gasteiger partial charge is 0.479 e. The van der Waals surface area contributed by atoms with Crippen LogP contribution >= 0.6 is 27.7 Å². The average molecular weight is 486 g/mol. The molecule has 158 valence electrons. The number of carboxylic acid groups (broad SMARTS) is 1. The van der Waals surface area contributed by atoms with Gasteiger partial charge in [0.15, 0.2) is 11.2 Å². The lowest BCUT2D eigenvalue weighted by molar-refractivity contribution is -0.149. The second-order valence-electron chi connectivity index (χ2n) is 6.55. The molecule has 7 nitrogen and oxygen atoms in total. The van der Waals surface area contributed by atoms with Crippen LogP contribution in [0.3, 0.4) is 0 Å². The molecule has 2 rings (SSSR count). The Morgan fingerprint density at radius 2 is 1.97 bits per heavy atom. The van der Waals surface area contributed by atoms with E-state index in [-0.39, 0.29) is 11.5 Å². The summed E-state index contributed by atoms with van der Waals surface area (Å²) in [7, 11) is 2.69. The molecule has 1 aromatic rings. The molecule has 1 heterocycles. The van der Waals surface area contributed by atoms with E-state index in [2.05, 4.69) is 15.9 Å². The Kier molecular flexibility index (Phi) is 8.88. The fourth-order valence-corrected chi connectivity index (χ4v) is 4.64. The van der Waals surface area contributed by atoms with Crippen molar-refractivity contribution in [2.75, 3.05) is 27.3 Å². The van der Waals surface area contributed by atoms with Crippen LogP contribution < -0.4 is 0 Å². The van der Waals surface area contributed by atoms with Gasteiger partial charge in [0.25, 0.3) is 0 Å². The summed E-state index contributed by atoms with van der Waals surface area (Å²) in [5.74, 6) is -1.47. The number of carboxylic acids is 1. The molecule has 1 aromatic carbocycles. The SMILES string of the molecule is COC(=O)[C@@H](c1ccccc1Br)N1CCC(SC(C)=O)=C(CC(OC)C(=O)O)C1. The first-order valence-electron chi connectivity index (χ1n) is 8.99. The van der Waals surface area contributed by atoms with Gasteiger partial charge >= 0.3 is 11.9 Å². The Morgan fingerprint density at radius 1 is 1.28 bits per heavy atom. The van der Waals surface area contributed by atoms with Gasteiger partial charge in [-0.15, -0.1) is 0 Å². The highest BCUT2D eigenvalue weighted by atomic mass is 79.9. The summed E-state index contributed by atoms with van der Waals surface area (Å²) in [4.78, 5) is 38.5. The highest BCUT2D eigenvalue weighted by Crippen LogP contribution is 2.37. The third-order valence-electron chi connectivity index (χ3n) is 4.66. The van der Waals surface area contributed by atoms with Gasteiger partial charge in [-0.3, -0.25) is 9.69 Å². The fraction of sp³-hybridized carbons (Fsp3) is 0.450. The van der Waals surface area contributed by atoms with Gasteiger partial charge in [-0.25, -0.2) is 9.59 Å². The summed E-state index contributed by atoms with van der Waals surface area (Å²) in [6, 6.07) is 6.76. The lowest BCUT2D eigenvalue weighted by Crippen LogP contribution is -2.40. The van der Waals surface area contributed by atoms with Gasteiger partial charge in [-0.05, 0) is 28.5 Å². The lowest BCUT2D eigenvalue weighted by Gasteiger charge is -2.36. The van der Waals surface area contributed by atoms with Crippen molar-refractivity contribution in [3.8, 4) is 0 Å². The monoisotopic (exact) mass is 485 g/mol. The van der Waals surface area contributed by atoms with Crippen molar-refractivity contribution in [3.63, 3.8) is 0 Å². The van der Waals surface area contributed by atoms with Crippen LogP contribution in [-0.4, -0.2) is 60.5 Å². The number of thioether (sulfide) groups is 1. The molecule has 0 bridgehead atoms. The Balaban J connectivity index is 2.39. The number of ether oxygens (including phenoxy) is 2. The highest BCUT2D eigenvalue weighted by molar-refractivity contribution is 9.10. The zero-order valence-electron chi connectivity index (χ0n) is 16.5. The van der Waals surface area contributed by atoms with Crippen molar-refractivity contribution in [3.05, 3.63) is 44.8 Å². The minimum absolute atomic E-state index is 0.0643. The minimum atomic E-state index is -1.07. The average Bonchev–Trinajstić information content (AvgIpc) is 2.68. The topological polar surface area (TPSA) is 93.1 Å². The number of halogens is 1. The molecule has 0 fully saturated rings. The maximum absolute atomic E-state index is 12.6. The van der Waals surface area contributed by atoms with Gasteiger partial charge in [0, 0.05) is 38.0 Å². The van der Waals surface area contributed by atoms with Crippen LogP contribution in [0.25, 0.3) is 0 Å². The molecule has 1 unspecified atom stereocenters. The first kappa shape index (κ1) is 23.6. The van der Waals surface area contributed by atoms with E-state index in [9.17, 15) is 19.5 Å². The smallest absolute Gasteiger partial charge is 0.333 e. The molecule has 9 heteroatoms. The number of carbonyl (C=O) groups excluding carboxylic acids is 2.